The number of hydrogen-bond acceptors (Lipinski definition) is 4. The van der Waals surface area contributed by atoms with Crippen molar-refractivity contribution in [3.05, 3.63) is 0 Å². The molecule has 2 saturated carbocycles. The van der Waals surface area contributed by atoms with Gasteiger partial charge in [-0.3, -0.25) is 0 Å². The first-order valence-corrected chi connectivity index (χ1v) is 9.70. The van der Waals surface area contributed by atoms with Gasteiger partial charge in [-0.25, -0.2) is 0 Å². The maximum atomic E-state index is 11.1. The highest BCUT2D eigenvalue weighted by Crippen LogP contribution is 2.64. The Labute approximate surface area is 147 Å². The van der Waals surface area contributed by atoms with E-state index in [1.807, 2.05) is 0 Å². The van der Waals surface area contributed by atoms with Crippen LogP contribution in [0.1, 0.15) is 73.1 Å². The molecule has 0 bridgehead atoms. The predicted molar refractivity (Wildman–Crippen MR) is 95.5 cm³/mol. The normalized spacial score (nSPS) is 50.4. The molecular weight excluding hydrogens is 304 g/mol. The molecule has 0 saturated heterocycles. The van der Waals surface area contributed by atoms with Crippen molar-refractivity contribution in [1.29, 1.82) is 0 Å². The van der Waals surface area contributed by atoms with Gasteiger partial charge in [0.2, 0.25) is 0 Å². The van der Waals surface area contributed by atoms with Crippen LogP contribution in [-0.2, 0) is 0 Å². The molecule has 0 aliphatic heterocycles. The summed E-state index contributed by atoms with van der Waals surface area (Å²) in [5.74, 6) is 1.19. The fraction of sp³-hybridized carbons (Fsp3) is 1.00. The number of aliphatic hydroxyl groups excluding tert-OH is 3. The molecule has 0 amide bonds. The third kappa shape index (κ3) is 3.04. The monoisotopic (exact) mass is 342 g/mol. The highest BCUT2D eigenvalue weighted by molar-refractivity contribution is 5.14. The van der Waals surface area contributed by atoms with Gasteiger partial charge in [0.1, 0.15) is 6.10 Å². The standard InChI is InChI=1S/C20H38O4/c1-13(8-11-21)6-9-18(3)14(2)7-10-19(4)16(18)12-15(22)17(23)20(19,5)24/h13-17,21-24H,6-12H2,1-5H3/t13-,14+,15+,16-,17+,18+,19+,20-/m1/s1. The smallest absolute Gasteiger partial charge is 0.109 e. The molecule has 8 atom stereocenters. The number of aliphatic hydroxyl groups is 4. The van der Waals surface area contributed by atoms with Crippen LogP contribution in [0.15, 0.2) is 0 Å². The van der Waals surface area contributed by atoms with E-state index in [1.54, 1.807) is 6.92 Å². The van der Waals surface area contributed by atoms with Gasteiger partial charge in [-0.2, -0.15) is 0 Å². The van der Waals surface area contributed by atoms with E-state index in [1.165, 1.54) is 0 Å². The summed E-state index contributed by atoms with van der Waals surface area (Å²) in [5.41, 5.74) is -1.62. The highest BCUT2D eigenvalue weighted by Gasteiger charge is 2.64. The number of fused-ring (bicyclic) bond motifs is 1. The Hall–Kier alpha value is -0.160. The Morgan fingerprint density at radius 3 is 2.33 bits per heavy atom. The average Bonchev–Trinajstić information content (AvgIpc) is 2.51. The Bertz CT molecular complexity index is 437. The summed E-state index contributed by atoms with van der Waals surface area (Å²) in [6.07, 6.45) is 3.45. The van der Waals surface area contributed by atoms with Crippen molar-refractivity contribution in [2.75, 3.05) is 6.61 Å². The minimum Gasteiger partial charge on any atom is -0.396 e. The van der Waals surface area contributed by atoms with E-state index in [0.29, 0.717) is 18.3 Å². The zero-order valence-electron chi connectivity index (χ0n) is 16.1. The van der Waals surface area contributed by atoms with Gasteiger partial charge in [0.25, 0.3) is 0 Å². The second-order valence-electron chi connectivity index (χ2n) is 9.47. The Balaban J connectivity index is 2.30. The molecule has 0 aromatic heterocycles. The van der Waals surface area contributed by atoms with E-state index >= 15 is 0 Å². The van der Waals surface area contributed by atoms with Crippen molar-refractivity contribution in [2.24, 2.45) is 28.6 Å². The van der Waals surface area contributed by atoms with Crippen LogP contribution in [0.5, 0.6) is 0 Å². The summed E-state index contributed by atoms with van der Waals surface area (Å²) >= 11 is 0. The van der Waals surface area contributed by atoms with Crippen LogP contribution in [0.25, 0.3) is 0 Å². The van der Waals surface area contributed by atoms with Gasteiger partial charge in [-0.05, 0) is 62.2 Å². The van der Waals surface area contributed by atoms with E-state index in [-0.39, 0.29) is 23.4 Å². The van der Waals surface area contributed by atoms with E-state index in [2.05, 4.69) is 27.7 Å². The van der Waals surface area contributed by atoms with Gasteiger partial charge in [-0.15, -0.1) is 0 Å². The minimum absolute atomic E-state index is 0.0296. The molecule has 0 heterocycles. The van der Waals surface area contributed by atoms with Crippen LogP contribution in [0, 0.1) is 28.6 Å². The van der Waals surface area contributed by atoms with Crippen molar-refractivity contribution in [3.8, 4) is 0 Å². The van der Waals surface area contributed by atoms with Crippen LogP contribution in [0.2, 0.25) is 0 Å². The quantitative estimate of drug-likeness (QED) is 0.619. The molecule has 0 aromatic carbocycles. The molecule has 0 unspecified atom stereocenters. The van der Waals surface area contributed by atoms with Crippen molar-refractivity contribution in [2.45, 2.75) is 91.0 Å². The summed E-state index contributed by atoms with van der Waals surface area (Å²) in [6, 6.07) is 0. The van der Waals surface area contributed by atoms with Gasteiger partial charge in [-0.1, -0.05) is 34.1 Å². The zero-order chi connectivity index (χ0) is 18.3. The molecule has 142 valence electrons. The lowest BCUT2D eigenvalue weighted by molar-refractivity contribution is -0.264. The second kappa shape index (κ2) is 6.86. The summed E-state index contributed by atoms with van der Waals surface area (Å²) < 4.78 is 0. The molecule has 0 spiro atoms. The molecule has 0 aromatic rings. The van der Waals surface area contributed by atoms with Crippen molar-refractivity contribution in [3.63, 3.8) is 0 Å². The van der Waals surface area contributed by atoms with Crippen LogP contribution in [0.4, 0.5) is 0 Å². The summed E-state index contributed by atoms with van der Waals surface area (Å²) in [7, 11) is 0. The Morgan fingerprint density at radius 1 is 1.12 bits per heavy atom. The van der Waals surface area contributed by atoms with E-state index < -0.39 is 17.8 Å². The van der Waals surface area contributed by atoms with Crippen LogP contribution >= 0.6 is 0 Å². The van der Waals surface area contributed by atoms with E-state index in [9.17, 15) is 15.3 Å². The largest absolute Gasteiger partial charge is 0.396 e. The molecule has 2 aliphatic rings. The molecular formula is C20H38O4. The van der Waals surface area contributed by atoms with Gasteiger partial charge >= 0.3 is 0 Å². The maximum absolute atomic E-state index is 11.1. The van der Waals surface area contributed by atoms with E-state index in [4.69, 9.17) is 5.11 Å². The summed E-state index contributed by atoms with van der Waals surface area (Å²) in [4.78, 5) is 0. The first-order valence-electron chi connectivity index (χ1n) is 9.70. The highest BCUT2D eigenvalue weighted by atomic mass is 16.4. The lowest BCUT2D eigenvalue weighted by Gasteiger charge is -2.64. The summed E-state index contributed by atoms with van der Waals surface area (Å²) in [6.45, 7) is 10.8. The Kier molecular flexibility index (Phi) is 5.76. The van der Waals surface area contributed by atoms with Crippen LogP contribution < -0.4 is 0 Å². The minimum atomic E-state index is -1.27. The zero-order valence-corrected chi connectivity index (χ0v) is 16.1. The van der Waals surface area contributed by atoms with Crippen LogP contribution in [0.3, 0.4) is 0 Å². The molecule has 0 radical (unpaired) electrons. The molecule has 24 heavy (non-hydrogen) atoms. The average molecular weight is 343 g/mol. The first kappa shape index (κ1) is 20.2. The molecule has 4 N–H and O–H groups in total. The fourth-order valence-electron chi connectivity index (χ4n) is 5.65. The van der Waals surface area contributed by atoms with Gasteiger partial charge in [0, 0.05) is 12.0 Å². The number of rotatable bonds is 5. The SMILES string of the molecule is C[C@@H](CCO)CC[C@]1(C)[C@H]2C[C@H](O)[C@H](O)[C@@](C)(O)[C@@]2(C)CC[C@@H]1C. The number of hydrogen-bond donors (Lipinski definition) is 4. The maximum Gasteiger partial charge on any atom is 0.109 e. The third-order valence-electron chi connectivity index (χ3n) is 8.16. The molecule has 4 nitrogen and oxygen atoms in total. The van der Waals surface area contributed by atoms with Gasteiger partial charge in [0.15, 0.2) is 0 Å². The molecule has 4 heteroatoms. The van der Waals surface area contributed by atoms with Crippen molar-refractivity contribution >= 4 is 0 Å². The predicted octanol–water partition coefficient (Wildman–Crippen LogP) is 2.72. The Morgan fingerprint density at radius 2 is 1.75 bits per heavy atom. The first-order chi connectivity index (χ1) is 11.0. The molecule has 2 fully saturated rings. The van der Waals surface area contributed by atoms with Gasteiger partial charge in [0.05, 0.1) is 11.7 Å². The summed E-state index contributed by atoms with van der Waals surface area (Å²) in [5, 5.41) is 41.1. The van der Waals surface area contributed by atoms with Crippen molar-refractivity contribution < 1.29 is 20.4 Å². The fourth-order valence-corrected chi connectivity index (χ4v) is 5.65. The third-order valence-corrected chi connectivity index (χ3v) is 8.16. The topological polar surface area (TPSA) is 80.9 Å². The molecule has 2 aliphatic carbocycles. The second-order valence-corrected chi connectivity index (χ2v) is 9.47. The van der Waals surface area contributed by atoms with E-state index in [0.717, 1.165) is 32.1 Å². The lowest BCUT2D eigenvalue weighted by Crippen LogP contribution is -2.68. The van der Waals surface area contributed by atoms with Crippen LogP contribution in [-0.4, -0.2) is 44.8 Å². The van der Waals surface area contributed by atoms with Gasteiger partial charge < -0.3 is 20.4 Å². The van der Waals surface area contributed by atoms with Crippen molar-refractivity contribution in [1.82, 2.24) is 0 Å². The molecule has 2 rings (SSSR count). The lowest BCUT2D eigenvalue weighted by atomic mass is 9.42.